The standard InChI is InChI=1S/C25H28N6O5S/c1-16-13-35-12-11-31(16)24-29-22(28-23(30-24)20-5-3-4-6-21(20)37(2,33)34)17-7-9-18(10-8-17)26-25(32)27-19-14-36-15-19/h3-10,16,19H,11-15H2,1-2H3,(H2,26,27,32). The maximum absolute atomic E-state index is 12.5. The lowest BCUT2D eigenvalue weighted by Gasteiger charge is -2.33. The predicted molar refractivity (Wildman–Crippen MR) is 138 cm³/mol. The lowest BCUT2D eigenvalue weighted by Crippen LogP contribution is -2.49. The molecule has 12 heteroatoms. The minimum absolute atomic E-state index is 0.0266. The van der Waals surface area contributed by atoms with Gasteiger partial charge in [-0.2, -0.15) is 9.97 Å². The molecule has 0 radical (unpaired) electrons. The number of nitrogens with one attached hydrogen (secondary N) is 2. The van der Waals surface area contributed by atoms with Gasteiger partial charge in [-0.05, 0) is 43.3 Å². The van der Waals surface area contributed by atoms with E-state index in [2.05, 4.69) is 20.6 Å². The van der Waals surface area contributed by atoms with Crippen LogP contribution in [0.2, 0.25) is 0 Å². The van der Waals surface area contributed by atoms with Crippen LogP contribution in [0.1, 0.15) is 6.92 Å². The molecule has 194 valence electrons. The minimum atomic E-state index is -3.52. The number of hydrogen-bond acceptors (Lipinski definition) is 9. The highest BCUT2D eigenvalue weighted by molar-refractivity contribution is 7.90. The average Bonchev–Trinajstić information content (AvgIpc) is 2.86. The van der Waals surface area contributed by atoms with Crippen LogP contribution in [0.15, 0.2) is 53.4 Å². The van der Waals surface area contributed by atoms with Gasteiger partial charge in [0.15, 0.2) is 21.5 Å². The summed E-state index contributed by atoms with van der Waals surface area (Å²) in [6, 6.07) is 13.6. The predicted octanol–water partition coefficient (Wildman–Crippen LogP) is 2.35. The van der Waals surface area contributed by atoms with Crippen molar-refractivity contribution in [3.8, 4) is 22.8 Å². The molecule has 3 aromatic rings. The number of benzene rings is 2. The highest BCUT2D eigenvalue weighted by Gasteiger charge is 2.25. The van der Waals surface area contributed by atoms with Gasteiger partial charge in [0, 0.05) is 29.6 Å². The van der Waals surface area contributed by atoms with Crippen molar-refractivity contribution in [3.05, 3.63) is 48.5 Å². The third-order valence-corrected chi connectivity index (χ3v) is 7.30. The summed E-state index contributed by atoms with van der Waals surface area (Å²) in [7, 11) is -3.52. The Balaban J connectivity index is 1.51. The van der Waals surface area contributed by atoms with Gasteiger partial charge >= 0.3 is 6.03 Å². The fourth-order valence-corrected chi connectivity index (χ4v) is 5.00. The monoisotopic (exact) mass is 524 g/mol. The zero-order valence-corrected chi connectivity index (χ0v) is 21.4. The molecule has 2 N–H and O–H groups in total. The topological polar surface area (TPSA) is 136 Å². The summed E-state index contributed by atoms with van der Waals surface area (Å²) >= 11 is 0. The van der Waals surface area contributed by atoms with Gasteiger partial charge in [-0.15, -0.1) is 0 Å². The first-order valence-electron chi connectivity index (χ1n) is 11.9. The molecule has 37 heavy (non-hydrogen) atoms. The molecule has 0 aliphatic carbocycles. The second kappa shape index (κ2) is 10.4. The zero-order chi connectivity index (χ0) is 26.0. The second-order valence-electron chi connectivity index (χ2n) is 9.08. The van der Waals surface area contributed by atoms with E-state index in [0.29, 0.717) is 61.6 Å². The van der Waals surface area contributed by atoms with Crippen LogP contribution < -0.4 is 15.5 Å². The molecule has 0 saturated carbocycles. The Morgan fingerprint density at radius 1 is 0.973 bits per heavy atom. The van der Waals surface area contributed by atoms with E-state index in [1.807, 2.05) is 11.8 Å². The van der Waals surface area contributed by atoms with Crippen molar-refractivity contribution < 1.29 is 22.7 Å². The fourth-order valence-electron chi connectivity index (χ4n) is 4.12. The quantitative estimate of drug-likeness (QED) is 0.498. The summed E-state index contributed by atoms with van der Waals surface area (Å²) in [5.74, 6) is 1.11. The van der Waals surface area contributed by atoms with E-state index in [4.69, 9.17) is 14.5 Å². The number of anilines is 2. The van der Waals surface area contributed by atoms with Crippen LogP contribution in [0.25, 0.3) is 22.8 Å². The number of ether oxygens (including phenoxy) is 2. The molecular weight excluding hydrogens is 496 g/mol. The van der Waals surface area contributed by atoms with Crippen molar-refractivity contribution in [2.24, 2.45) is 0 Å². The van der Waals surface area contributed by atoms with Crippen molar-refractivity contribution in [2.75, 3.05) is 49.4 Å². The van der Waals surface area contributed by atoms with Gasteiger partial charge in [-0.1, -0.05) is 12.1 Å². The Hall–Kier alpha value is -3.61. The Labute approximate surface area is 215 Å². The summed E-state index contributed by atoms with van der Waals surface area (Å²) in [6.07, 6.45) is 1.17. The molecular formula is C25H28N6O5S. The van der Waals surface area contributed by atoms with Gasteiger partial charge < -0.3 is 25.0 Å². The van der Waals surface area contributed by atoms with Crippen molar-refractivity contribution in [2.45, 2.75) is 23.9 Å². The highest BCUT2D eigenvalue weighted by atomic mass is 32.2. The molecule has 1 aromatic heterocycles. The summed E-state index contributed by atoms with van der Waals surface area (Å²) in [5, 5.41) is 5.63. The number of urea groups is 1. The molecule has 5 rings (SSSR count). The molecule has 2 amide bonds. The van der Waals surface area contributed by atoms with Crippen LogP contribution in [0, 0.1) is 0 Å². The number of hydrogen-bond donors (Lipinski definition) is 2. The fraction of sp³-hybridized carbons (Fsp3) is 0.360. The first kappa shape index (κ1) is 25.1. The van der Waals surface area contributed by atoms with Gasteiger partial charge in [0.05, 0.1) is 43.4 Å². The highest BCUT2D eigenvalue weighted by Crippen LogP contribution is 2.29. The summed E-state index contributed by atoms with van der Waals surface area (Å²) in [4.78, 5) is 28.4. The molecule has 2 aromatic carbocycles. The van der Waals surface area contributed by atoms with Gasteiger partial charge in [0.1, 0.15) is 0 Å². The third-order valence-electron chi connectivity index (χ3n) is 6.15. The maximum Gasteiger partial charge on any atom is 0.319 e. The number of amides is 2. The zero-order valence-electron chi connectivity index (χ0n) is 20.5. The van der Waals surface area contributed by atoms with Gasteiger partial charge in [-0.3, -0.25) is 0 Å². The van der Waals surface area contributed by atoms with E-state index in [1.54, 1.807) is 48.5 Å². The normalized spacial score (nSPS) is 18.2. The molecule has 1 atom stereocenters. The number of carbonyl (C=O) groups is 1. The number of sulfone groups is 1. The van der Waals surface area contributed by atoms with E-state index in [9.17, 15) is 13.2 Å². The number of aromatic nitrogens is 3. The molecule has 1 unspecified atom stereocenters. The van der Waals surface area contributed by atoms with Crippen LogP contribution in [0.4, 0.5) is 16.4 Å². The SMILES string of the molecule is CC1COCCN1c1nc(-c2ccc(NC(=O)NC3COC3)cc2)nc(-c2ccccc2S(C)(=O)=O)n1. The van der Waals surface area contributed by atoms with Crippen LogP contribution >= 0.6 is 0 Å². The molecule has 11 nitrogen and oxygen atoms in total. The summed E-state index contributed by atoms with van der Waals surface area (Å²) in [5.41, 5.74) is 1.71. The van der Waals surface area contributed by atoms with Crippen LogP contribution in [-0.4, -0.2) is 80.7 Å². The minimum Gasteiger partial charge on any atom is -0.377 e. The molecule has 2 fully saturated rings. The molecule has 2 aliphatic heterocycles. The number of morpholine rings is 1. The number of nitrogens with zero attached hydrogens (tertiary/aromatic N) is 4. The van der Waals surface area contributed by atoms with E-state index in [1.165, 1.54) is 6.26 Å². The van der Waals surface area contributed by atoms with Crippen molar-refractivity contribution >= 4 is 27.5 Å². The third kappa shape index (κ3) is 5.71. The number of rotatable bonds is 6. The lowest BCUT2D eigenvalue weighted by atomic mass is 10.1. The van der Waals surface area contributed by atoms with Crippen LogP contribution in [0.3, 0.4) is 0 Å². The van der Waals surface area contributed by atoms with E-state index < -0.39 is 9.84 Å². The molecule has 0 spiro atoms. The summed E-state index contributed by atoms with van der Waals surface area (Å²) in [6.45, 7) is 4.72. The molecule has 0 bridgehead atoms. The van der Waals surface area contributed by atoms with E-state index >= 15 is 0 Å². The Kier molecular flexibility index (Phi) is 7.04. The smallest absolute Gasteiger partial charge is 0.319 e. The van der Waals surface area contributed by atoms with Crippen LogP contribution in [-0.2, 0) is 19.3 Å². The van der Waals surface area contributed by atoms with Gasteiger partial charge in [0.2, 0.25) is 5.95 Å². The number of carbonyl (C=O) groups excluding carboxylic acids is 1. The first-order chi connectivity index (χ1) is 17.8. The van der Waals surface area contributed by atoms with Gasteiger partial charge in [-0.25, -0.2) is 18.2 Å². The Bertz CT molecular complexity index is 1390. The van der Waals surface area contributed by atoms with Crippen molar-refractivity contribution in [3.63, 3.8) is 0 Å². The van der Waals surface area contributed by atoms with Gasteiger partial charge in [0.25, 0.3) is 0 Å². The average molecular weight is 525 g/mol. The molecule has 2 aliphatic rings. The molecule has 2 saturated heterocycles. The summed E-state index contributed by atoms with van der Waals surface area (Å²) < 4.78 is 35.6. The van der Waals surface area contributed by atoms with E-state index in [-0.39, 0.29) is 28.8 Å². The van der Waals surface area contributed by atoms with Crippen molar-refractivity contribution in [1.82, 2.24) is 20.3 Å². The van der Waals surface area contributed by atoms with Crippen LogP contribution in [0.5, 0.6) is 0 Å². The first-order valence-corrected chi connectivity index (χ1v) is 13.8. The molecule has 3 heterocycles. The second-order valence-corrected chi connectivity index (χ2v) is 11.1. The van der Waals surface area contributed by atoms with Crippen molar-refractivity contribution in [1.29, 1.82) is 0 Å². The maximum atomic E-state index is 12.5. The largest absolute Gasteiger partial charge is 0.377 e. The Morgan fingerprint density at radius 2 is 1.70 bits per heavy atom. The van der Waals surface area contributed by atoms with E-state index in [0.717, 1.165) is 0 Å². The lowest BCUT2D eigenvalue weighted by molar-refractivity contribution is 0.000735. The Morgan fingerprint density at radius 3 is 2.38 bits per heavy atom.